The van der Waals surface area contributed by atoms with E-state index in [1.807, 2.05) is 37.4 Å². The molecule has 25 heavy (non-hydrogen) atoms. The zero-order chi connectivity index (χ0) is 17.8. The van der Waals surface area contributed by atoms with Gasteiger partial charge in [-0.2, -0.15) is 0 Å². The number of para-hydroxylation sites is 1. The minimum atomic E-state index is -0.465. The Balaban J connectivity index is 1.90. The number of furan rings is 1. The third-order valence-corrected chi connectivity index (χ3v) is 4.09. The molecule has 1 unspecified atom stereocenters. The van der Waals surface area contributed by atoms with Gasteiger partial charge in [0.1, 0.15) is 24.5 Å². The fourth-order valence-electron chi connectivity index (χ4n) is 2.97. The van der Waals surface area contributed by atoms with Crippen molar-refractivity contribution in [1.29, 1.82) is 0 Å². The molecular weight excluding hydrogens is 321 g/mol. The van der Waals surface area contributed by atoms with Crippen LogP contribution in [0.3, 0.4) is 0 Å². The molecule has 4 nitrogen and oxygen atoms in total. The van der Waals surface area contributed by atoms with Gasteiger partial charge in [-0.05, 0) is 19.1 Å². The Morgan fingerprint density at radius 1 is 1.12 bits per heavy atom. The summed E-state index contributed by atoms with van der Waals surface area (Å²) >= 11 is 0. The molecule has 0 spiro atoms. The van der Waals surface area contributed by atoms with Gasteiger partial charge < -0.3 is 14.1 Å². The molecule has 1 N–H and O–H groups in total. The van der Waals surface area contributed by atoms with Gasteiger partial charge in [0.25, 0.3) is 0 Å². The number of halogens is 1. The Hall–Kier alpha value is -2.66. The molecule has 1 aromatic heterocycles. The van der Waals surface area contributed by atoms with Gasteiger partial charge in [-0.3, -0.25) is 0 Å². The van der Waals surface area contributed by atoms with Gasteiger partial charge in [0.05, 0.1) is 19.2 Å². The molecule has 0 fully saturated rings. The summed E-state index contributed by atoms with van der Waals surface area (Å²) in [7, 11) is 1.96. The molecule has 0 saturated carbocycles. The second-order valence-corrected chi connectivity index (χ2v) is 6.03. The summed E-state index contributed by atoms with van der Waals surface area (Å²) in [6.07, 6.45) is 0. The Morgan fingerprint density at radius 2 is 1.84 bits per heavy atom. The van der Waals surface area contributed by atoms with Crippen LogP contribution >= 0.6 is 0 Å². The summed E-state index contributed by atoms with van der Waals surface area (Å²) in [4.78, 5) is 13.3. The largest absolute Gasteiger partial charge is 0.460 e. The lowest BCUT2D eigenvalue weighted by molar-refractivity contribution is -0.907. The SMILES string of the molecule is CCOC(=O)c1oc2ccccc2c1C[NH+](C)Cc1ccccc1F. The number of fused-ring (bicyclic) bond motifs is 1. The summed E-state index contributed by atoms with van der Waals surface area (Å²) in [5.74, 6) is -0.451. The lowest BCUT2D eigenvalue weighted by Gasteiger charge is -2.14. The molecule has 1 atom stereocenters. The number of carbonyl (C=O) groups excluding carboxylic acids is 1. The van der Waals surface area contributed by atoms with Crippen molar-refractivity contribution < 1.29 is 23.2 Å². The minimum Gasteiger partial charge on any atom is -0.460 e. The molecule has 0 aliphatic heterocycles. The van der Waals surface area contributed by atoms with Crippen molar-refractivity contribution in [1.82, 2.24) is 0 Å². The monoisotopic (exact) mass is 342 g/mol. The number of hydrogen-bond donors (Lipinski definition) is 1. The van der Waals surface area contributed by atoms with E-state index in [0.717, 1.165) is 15.8 Å². The summed E-state index contributed by atoms with van der Waals surface area (Å²) in [6, 6.07) is 14.3. The van der Waals surface area contributed by atoms with E-state index in [-0.39, 0.29) is 18.2 Å². The molecule has 0 radical (unpaired) electrons. The number of hydrogen-bond acceptors (Lipinski definition) is 3. The van der Waals surface area contributed by atoms with Crippen molar-refractivity contribution >= 4 is 16.9 Å². The first-order valence-corrected chi connectivity index (χ1v) is 8.32. The second-order valence-electron chi connectivity index (χ2n) is 6.03. The Morgan fingerprint density at radius 3 is 2.60 bits per heavy atom. The second kappa shape index (κ2) is 7.49. The van der Waals surface area contributed by atoms with Crippen LogP contribution in [0.25, 0.3) is 11.0 Å². The van der Waals surface area contributed by atoms with Crippen LogP contribution in [0.15, 0.2) is 52.9 Å². The normalized spacial score (nSPS) is 12.3. The topological polar surface area (TPSA) is 43.9 Å². The van der Waals surface area contributed by atoms with Gasteiger partial charge >= 0.3 is 5.97 Å². The van der Waals surface area contributed by atoms with Gasteiger partial charge in [-0.1, -0.05) is 36.4 Å². The fourth-order valence-corrected chi connectivity index (χ4v) is 2.97. The van der Waals surface area contributed by atoms with Crippen molar-refractivity contribution in [3.05, 3.63) is 71.2 Å². The van der Waals surface area contributed by atoms with E-state index < -0.39 is 5.97 Å². The molecule has 0 saturated heterocycles. The van der Waals surface area contributed by atoms with Crippen LogP contribution in [0.5, 0.6) is 0 Å². The van der Waals surface area contributed by atoms with Crippen LogP contribution < -0.4 is 4.90 Å². The van der Waals surface area contributed by atoms with E-state index in [2.05, 4.69) is 0 Å². The average Bonchev–Trinajstić information content (AvgIpc) is 2.96. The number of benzene rings is 2. The Kier molecular flexibility index (Phi) is 5.14. The lowest BCUT2D eigenvalue weighted by Crippen LogP contribution is -3.06. The van der Waals surface area contributed by atoms with Gasteiger partial charge in [-0.25, -0.2) is 9.18 Å². The molecule has 0 amide bonds. The first kappa shape index (κ1) is 17.2. The summed E-state index contributed by atoms with van der Waals surface area (Å²) in [6.45, 7) is 3.08. The van der Waals surface area contributed by atoms with E-state index >= 15 is 0 Å². The predicted molar refractivity (Wildman–Crippen MR) is 92.9 cm³/mol. The van der Waals surface area contributed by atoms with Gasteiger partial charge in [0.15, 0.2) is 0 Å². The molecule has 1 heterocycles. The first-order chi connectivity index (χ1) is 12.1. The zero-order valence-corrected chi connectivity index (χ0v) is 14.3. The maximum Gasteiger partial charge on any atom is 0.374 e. The highest BCUT2D eigenvalue weighted by Crippen LogP contribution is 2.26. The molecule has 0 aliphatic rings. The summed E-state index contributed by atoms with van der Waals surface area (Å²) in [5, 5.41) is 0.887. The number of esters is 1. The van der Waals surface area contributed by atoms with Crippen LogP contribution in [0.1, 0.15) is 28.6 Å². The number of ether oxygens (including phenoxy) is 1. The average molecular weight is 342 g/mol. The van der Waals surface area contributed by atoms with Crippen molar-refractivity contribution in [2.75, 3.05) is 13.7 Å². The number of quaternary nitrogens is 1. The van der Waals surface area contributed by atoms with Gasteiger partial charge in [0.2, 0.25) is 5.76 Å². The van der Waals surface area contributed by atoms with Crippen molar-refractivity contribution in [3.8, 4) is 0 Å². The zero-order valence-electron chi connectivity index (χ0n) is 14.3. The maximum absolute atomic E-state index is 13.9. The van der Waals surface area contributed by atoms with E-state index in [1.54, 1.807) is 19.1 Å². The maximum atomic E-state index is 13.9. The Labute approximate surface area is 145 Å². The molecule has 3 aromatic rings. The van der Waals surface area contributed by atoms with Gasteiger partial charge in [0, 0.05) is 10.9 Å². The molecule has 130 valence electrons. The molecular formula is C20H21FNO3+. The number of nitrogens with one attached hydrogen (secondary N) is 1. The summed E-state index contributed by atoms with van der Waals surface area (Å²) < 4.78 is 24.7. The quantitative estimate of drug-likeness (QED) is 0.701. The molecule has 5 heteroatoms. The van der Waals surface area contributed by atoms with Crippen molar-refractivity contribution in [2.45, 2.75) is 20.0 Å². The van der Waals surface area contributed by atoms with Crippen LogP contribution in [0.2, 0.25) is 0 Å². The van der Waals surface area contributed by atoms with E-state index in [4.69, 9.17) is 9.15 Å². The lowest BCUT2D eigenvalue weighted by atomic mass is 10.1. The van der Waals surface area contributed by atoms with Crippen LogP contribution in [0, 0.1) is 5.82 Å². The minimum absolute atomic E-state index is 0.218. The number of carbonyl (C=O) groups is 1. The standard InChI is InChI=1S/C20H20FNO3/c1-3-24-20(23)19-16(15-9-5-7-11-18(15)25-19)13-22(2)12-14-8-4-6-10-17(14)21/h4-11H,3,12-13H2,1-2H3/p+1. The third-order valence-electron chi connectivity index (χ3n) is 4.09. The van der Waals surface area contributed by atoms with Gasteiger partial charge in [-0.15, -0.1) is 0 Å². The highest BCUT2D eigenvalue weighted by molar-refractivity contribution is 5.96. The highest BCUT2D eigenvalue weighted by Gasteiger charge is 2.24. The predicted octanol–water partition coefficient (Wildman–Crippen LogP) is 2.96. The van der Waals surface area contributed by atoms with Crippen LogP contribution in [0.4, 0.5) is 4.39 Å². The van der Waals surface area contributed by atoms with Crippen molar-refractivity contribution in [2.24, 2.45) is 0 Å². The first-order valence-electron chi connectivity index (χ1n) is 8.32. The molecule has 0 aliphatic carbocycles. The summed E-state index contributed by atoms with van der Waals surface area (Å²) in [5.41, 5.74) is 2.09. The molecule has 2 aromatic carbocycles. The third kappa shape index (κ3) is 3.72. The fraction of sp³-hybridized carbons (Fsp3) is 0.250. The number of rotatable bonds is 6. The highest BCUT2D eigenvalue weighted by atomic mass is 19.1. The van der Waals surface area contributed by atoms with Crippen LogP contribution in [-0.2, 0) is 17.8 Å². The molecule has 3 rings (SSSR count). The van der Waals surface area contributed by atoms with E-state index in [9.17, 15) is 9.18 Å². The molecule has 0 bridgehead atoms. The van der Waals surface area contributed by atoms with E-state index in [0.29, 0.717) is 24.2 Å². The van der Waals surface area contributed by atoms with Crippen LogP contribution in [-0.4, -0.2) is 19.6 Å². The van der Waals surface area contributed by atoms with Crippen molar-refractivity contribution in [3.63, 3.8) is 0 Å². The smallest absolute Gasteiger partial charge is 0.374 e. The van der Waals surface area contributed by atoms with E-state index in [1.165, 1.54) is 6.07 Å². The Bertz CT molecular complexity index is 888.